The highest BCUT2D eigenvalue weighted by Crippen LogP contribution is 2.31. The van der Waals surface area contributed by atoms with Crippen LogP contribution in [-0.4, -0.2) is 56.8 Å². The lowest BCUT2D eigenvalue weighted by Gasteiger charge is -2.38. The average Bonchev–Trinajstić information content (AvgIpc) is 3.29. The number of anilines is 2. The quantitative estimate of drug-likeness (QED) is 0.602. The van der Waals surface area contributed by atoms with Crippen LogP contribution in [0.25, 0.3) is 10.8 Å². The van der Waals surface area contributed by atoms with Gasteiger partial charge in [0.25, 0.3) is 5.56 Å². The molecule has 2 fully saturated rings. The molecule has 2 saturated heterocycles. The van der Waals surface area contributed by atoms with Gasteiger partial charge in [-0.2, -0.15) is 0 Å². The molecule has 2 aliphatic heterocycles. The Hall–Kier alpha value is -2.84. The van der Waals surface area contributed by atoms with Crippen molar-refractivity contribution in [2.45, 2.75) is 31.2 Å². The molecule has 0 radical (unpaired) electrons. The smallest absolute Gasteiger partial charge is 0.256 e. The number of H-pyrrole nitrogens is 1. The highest BCUT2D eigenvalue weighted by Gasteiger charge is 2.32. The Morgan fingerprint density at radius 1 is 0.970 bits per heavy atom. The summed E-state index contributed by atoms with van der Waals surface area (Å²) >= 11 is 0. The van der Waals surface area contributed by atoms with Gasteiger partial charge >= 0.3 is 0 Å². The van der Waals surface area contributed by atoms with Crippen LogP contribution in [-0.2, 0) is 10.0 Å². The number of rotatable bonds is 5. The molecular weight excluding hydrogens is 436 g/mol. The van der Waals surface area contributed by atoms with E-state index in [1.165, 1.54) is 0 Å². The molecule has 0 saturated carbocycles. The number of piperidine rings is 1. The zero-order valence-electron chi connectivity index (χ0n) is 18.8. The minimum Gasteiger partial charge on any atom is -0.371 e. The molecule has 3 heterocycles. The van der Waals surface area contributed by atoms with Gasteiger partial charge in [-0.1, -0.05) is 18.2 Å². The van der Waals surface area contributed by atoms with E-state index < -0.39 is 10.0 Å². The van der Waals surface area contributed by atoms with Crippen molar-refractivity contribution in [1.82, 2.24) is 9.88 Å². The average molecular weight is 467 g/mol. The summed E-state index contributed by atoms with van der Waals surface area (Å²) in [6.45, 7) is 4.02. The van der Waals surface area contributed by atoms with Gasteiger partial charge in [-0.05, 0) is 67.6 Å². The zero-order valence-corrected chi connectivity index (χ0v) is 19.6. The second-order valence-electron chi connectivity index (χ2n) is 9.26. The molecule has 7 nitrogen and oxygen atoms in total. The molecule has 0 spiro atoms. The van der Waals surface area contributed by atoms with E-state index in [-0.39, 0.29) is 5.56 Å². The second-order valence-corrected chi connectivity index (χ2v) is 11.0. The van der Waals surface area contributed by atoms with Gasteiger partial charge in [-0.3, -0.25) is 14.4 Å². The van der Waals surface area contributed by atoms with Gasteiger partial charge in [-0.15, -0.1) is 0 Å². The van der Waals surface area contributed by atoms with Crippen LogP contribution in [0, 0.1) is 0 Å². The van der Waals surface area contributed by atoms with Gasteiger partial charge in [0, 0.05) is 54.0 Å². The number of likely N-dealkylation sites (tertiary alicyclic amines) is 1. The Kier molecular flexibility index (Phi) is 5.88. The van der Waals surface area contributed by atoms with E-state index >= 15 is 0 Å². The summed E-state index contributed by atoms with van der Waals surface area (Å²) in [5, 5.41) is 1.77. The summed E-state index contributed by atoms with van der Waals surface area (Å²) in [7, 11) is -3.26. The number of benzene rings is 2. The van der Waals surface area contributed by atoms with Crippen LogP contribution in [0.3, 0.4) is 0 Å². The molecule has 0 aliphatic carbocycles. The topological polar surface area (TPSA) is 85.5 Å². The third-order valence-electron chi connectivity index (χ3n) is 6.95. The molecule has 2 aromatic carbocycles. The van der Waals surface area contributed by atoms with Crippen molar-refractivity contribution < 1.29 is 8.42 Å². The predicted octanol–water partition coefficient (Wildman–Crippen LogP) is 3.36. The molecule has 3 aromatic rings. The van der Waals surface area contributed by atoms with E-state index in [0.717, 1.165) is 73.9 Å². The van der Waals surface area contributed by atoms with Gasteiger partial charge < -0.3 is 9.88 Å². The van der Waals surface area contributed by atoms with E-state index in [2.05, 4.69) is 25.6 Å². The van der Waals surface area contributed by atoms with Gasteiger partial charge in [0.05, 0.1) is 6.26 Å². The third-order valence-corrected chi connectivity index (χ3v) is 7.56. The molecule has 2 N–H and O–H groups in total. The second kappa shape index (κ2) is 8.83. The van der Waals surface area contributed by atoms with Crippen molar-refractivity contribution in [3.05, 3.63) is 70.6 Å². The van der Waals surface area contributed by atoms with E-state index in [0.29, 0.717) is 17.6 Å². The van der Waals surface area contributed by atoms with Gasteiger partial charge in [-0.25, -0.2) is 8.42 Å². The monoisotopic (exact) mass is 466 g/mol. The lowest BCUT2D eigenvalue weighted by Crippen LogP contribution is -2.44. The largest absolute Gasteiger partial charge is 0.371 e. The number of pyridine rings is 1. The molecule has 8 heteroatoms. The first-order chi connectivity index (χ1) is 15.9. The van der Waals surface area contributed by atoms with E-state index in [1.54, 1.807) is 0 Å². The first-order valence-corrected chi connectivity index (χ1v) is 13.4. The molecule has 2 aliphatic rings. The molecular formula is C25H30N4O3S. The lowest BCUT2D eigenvalue weighted by atomic mass is 10.0. The minimum absolute atomic E-state index is 0.00705. The number of hydrogen-bond acceptors (Lipinski definition) is 5. The van der Waals surface area contributed by atoms with Crippen molar-refractivity contribution in [1.29, 1.82) is 0 Å². The van der Waals surface area contributed by atoms with Crippen molar-refractivity contribution in [3.8, 4) is 0 Å². The van der Waals surface area contributed by atoms with Crippen LogP contribution in [0.5, 0.6) is 0 Å². The Labute approximate surface area is 194 Å². The highest BCUT2D eigenvalue weighted by molar-refractivity contribution is 7.92. The Morgan fingerprint density at radius 3 is 2.42 bits per heavy atom. The highest BCUT2D eigenvalue weighted by atomic mass is 32.2. The summed E-state index contributed by atoms with van der Waals surface area (Å²) in [5.74, 6) is 0.371. The van der Waals surface area contributed by atoms with Crippen molar-refractivity contribution in [2.75, 3.05) is 42.1 Å². The maximum atomic E-state index is 12.5. The number of hydrogen-bond donors (Lipinski definition) is 2. The Morgan fingerprint density at radius 2 is 1.70 bits per heavy atom. The van der Waals surface area contributed by atoms with Crippen LogP contribution in [0.15, 0.2) is 59.4 Å². The van der Waals surface area contributed by atoms with Crippen molar-refractivity contribution in [3.63, 3.8) is 0 Å². The van der Waals surface area contributed by atoms with Crippen LogP contribution < -0.4 is 15.2 Å². The van der Waals surface area contributed by atoms with E-state index in [9.17, 15) is 13.2 Å². The van der Waals surface area contributed by atoms with Gasteiger partial charge in [0.2, 0.25) is 10.0 Å². The Balaban J connectivity index is 1.19. The van der Waals surface area contributed by atoms with Crippen molar-refractivity contribution in [2.24, 2.45) is 0 Å². The number of fused-ring (bicyclic) bond motifs is 1. The number of aromatic amines is 1. The first-order valence-electron chi connectivity index (χ1n) is 11.5. The third kappa shape index (κ3) is 4.91. The Bertz CT molecular complexity index is 1300. The summed E-state index contributed by atoms with van der Waals surface area (Å²) in [4.78, 5) is 20.6. The standard InChI is InChI=1S/C25H30N4O3S/c1-33(31,32)27-20-6-8-21(9-7-20)28-14-11-22(12-15-28)29-13-10-19(17-29)24-16-18-4-2-3-5-23(18)25(30)26-24/h2-9,16,19,22,27H,10-15,17H2,1H3,(H,26,30). The van der Waals surface area contributed by atoms with Crippen LogP contribution >= 0.6 is 0 Å². The molecule has 1 unspecified atom stereocenters. The maximum Gasteiger partial charge on any atom is 0.256 e. The normalized spacial score (nSPS) is 20.4. The van der Waals surface area contributed by atoms with E-state index in [4.69, 9.17) is 0 Å². The van der Waals surface area contributed by atoms with Crippen LogP contribution in [0.2, 0.25) is 0 Å². The fourth-order valence-electron chi connectivity index (χ4n) is 5.27. The van der Waals surface area contributed by atoms with Gasteiger partial charge in [0.1, 0.15) is 0 Å². The predicted molar refractivity (Wildman–Crippen MR) is 134 cm³/mol. The minimum atomic E-state index is -3.26. The molecule has 5 rings (SSSR count). The van der Waals surface area contributed by atoms with Crippen molar-refractivity contribution >= 4 is 32.2 Å². The fraction of sp³-hybridized carbons (Fsp3) is 0.400. The summed E-state index contributed by atoms with van der Waals surface area (Å²) < 4.78 is 25.3. The summed E-state index contributed by atoms with van der Waals surface area (Å²) in [6.07, 6.45) is 4.43. The number of sulfonamides is 1. The molecule has 174 valence electrons. The maximum absolute atomic E-state index is 12.5. The van der Waals surface area contributed by atoms with Crippen LogP contribution in [0.4, 0.5) is 11.4 Å². The zero-order chi connectivity index (χ0) is 23.0. The SMILES string of the molecule is CS(=O)(=O)Nc1ccc(N2CCC(N3CCC(c4cc5ccccc5c(=O)[nH]4)C3)CC2)cc1. The fourth-order valence-corrected chi connectivity index (χ4v) is 5.83. The number of aromatic nitrogens is 1. The molecule has 0 amide bonds. The lowest BCUT2D eigenvalue weighted by molar-refractivity contribution is 0.205. The number of nitrogens with one attached hydrogen (secondary N) is 2. The van der Waals surface area contributed by atoms with E-state index in [1.807, 2.05) is 48.5 Å². The molecule has 1 atom stereocenters. The molecule has 0 bridgehead atoms. The molecule has 1 aromatic heterocycles. The first kappa shape index (κ1) is 22.0. The summed E-state index contributed by atoms with van der Waals surface area (Å²) in [5.41, 5.74) is 2.78. The summed E-state index contributed by atoms with van der Waals surface area (Å²) in [6, 6.07) is 18.1. The number of nitrogens with zero attached hydrogens (tertiary/aromatic N) is 2. The van der Waals surface area contributed by atoms with Crippen LogP contribution in [0.1, 0.15) is 30.9 Å². The molecule has 33 heavy (non-hydrogen) atoms. The van der Waals surface area contributed by atoms with Gasteiger partial charge in [0.15, 0.2) is 0 Å².